The highest BCUT2D eigenvalue weighted by Gasteiger charge is 2.20. The van der Waals surface area contributed by atoms with Crippen LogP contribution in [0.5, 0.6) is 0 Å². The molecule has 0 unspecified atom stereocenters. The lowest BCUT2D eigenvalue weighted by Crippen LogP contribution is -2.53. The van der Waals surface area contributed by atoms with Gasteiger partial charge in [-0.05, 0) is 31.5 Å². The fraction of sp³-hybridized carbons (Fsp3) is 0.538. The summed E-state index contributed by atoms with van der Waals surface area (Å²) in [6, 6.07) is 7.86. The van der Waals surface area contributed by atoms with Crippen LogP contribution in [0.2, 0.25) is 0 Å². The van der Waals surface area contributed by atoms with Crippen LogP contribution in [-0.2, 0) is 6.54 Å². The SMILES string of the molecule is C[C@@H]1CN(Cc2ccc(F)cc2)C[C@H](C)N1. The van der Waals surface area contributed by atoms with Gasteiger partial charge in [-0.15, -0.1) is 0 Å². The number of halogens is 1. The van der Waals surface area contributed by atoms with Crippen LogP contribution in [0.1, 0.15) is 19.4 Å². The zero-order valence-corrected chi connectivity index (χ0v) is 9.91. The van der Waals surface area contributed by atoms with Gasteiger partial charge in [0, 0.05) is 31.7 Å². The lowest BCUT2D eigenvalue weighted by atomic mass is 10.1. The van der Waals surface area contributed by atoms with Crippen molar-refractivity contribution in [3.8, 4) is 0 Å². The minimum absolute atomic E-state index is 0.161. The van der Waals surface area contributed by atoms with E-state index in [1.165, 1.54) is 17.7 Å². The van der Waals surface area contributed by atoms with Crippen molar-refractivity contribution in [1.29, 1.82) is 0 Å². The minimum atomic E-state index is -0.161. The molecule has 0 saturated carbocycles. The van der Waals surface area contributed by atoms with Crippen LogP contribution in [0, 0.1) is 5.82 Å². The summed E-state index contributed by atoms with van der Waals surface area (Å²) in [5.74, 6) is -0.161. The molecule has 88 valence electrons. The quantitative estimate of drug-likeness (QED) is 0.823. The molecule has 0 spiro atoms. The molecule has 1 N–H and O–H groups in total. The predicted molar refractivity (Wildman–Crippen MR) is 63.7 cm³/mol. The zero-order chi connectivity index (χ0) is 11.5. The number of benzene rings is 1. The molecule has 3 heteroatoms. The average molecular weight is 222 g/mol. The molecular formula is C13H19FN2. The van der Waals surface area contributed by atoms with E-state index in [9.17, 15) is 4.39 Å². The standard InChI is InChI=1S/C13H19FN2/c1-10-7-16(8-11(2)15-10)9-12-3-5-13(14)6-4-12/h3-6,10-11,15H,7-9H2,1-2H3/t10-,11+. The van der Waals surface area contributed by atoms with E-state index in [0.717, 1.165) is 19.6 Å². The normalized spacial score (nSPS) is 26.9. The molecule has 1 heterocycles. The van der Waals surface area contributed by atoms with Crippen molar-refractivity contribution in [1.82, 2.24) is 10.2 Å². The number of piperazine rings is 1. The fourth-order valence-corrected chi connectivity index (χ4v) is 2.42. The molecule has 1 aromatic rings. The molecule has 2 rings (SSSR count). The van der Waals surface area contributed by atoms with Crippen molar-refractivity contribution in [2.75, 3.05) is 13.1 Å². The van der Waals surface area contributed by atoms with Gasteiger partial charge in [-0.25, -0.2) is 4.39 Å². The smallest absolute Gasteiger partial charge is 0.123 e. The summed E-state index contributed by atoms with van der Waals surface area (Å²) in [7, 11) is 0. The molecule has 2 nitrogen and oxygen atoms in total. The Labute approximate surface area is 96.5 Å². The van der Waals surface area contributed by atoms with Gasteiger partial charge in [0.25, 0.3) is 0 Å². The van der Waals surface area contributed by atoms with Crippen LogP contribution < -0.4 is 5.32 Å². The summed E-state index contributed by atoms with van der Waals surface area (Å²) in [5.41, 5.74) is 1.18. The Hall–Kier alpha value is -0.930. The Balaban J connectivity index is 1.96. The Kier molecular flexibility index (Phi) is 3.56. The molecule has 0 amide bonds. The maximum absolute atomic E-state index is 12.8. The Morgan fingerprint density at radius 3 is 2.31 bits per heavy atom. The van der Waals surface area contributed by atoms with E-state index in [2.05, 4.69) is 24.1 Å². The average Bonchev–Trinajstić information content (AvgIpc) is 2.20. The first-order chi connectivity index (χ1) is 7.63. The number of hydrogen-bond donors (Lipinski definition) is 1. The molecular weight excluding hydrogens is 203 g/mol. The van der Waals surface area contributed by atoms with Gasteiger partial charge in [-0.2, -0.15) is 0 Å². The van der Waals surface area contributed by atoms with Crippen LogP contribution in [0.25, 0.3) is 0 Å². The lowest BCUT2D eigenvalue weighted by Gasteiger charge is -2.36. The highest BCUT2D eigenvalue weighted by atomic mass is 19.1. The first kappa shape index (κ1) is 11.6. The largest absolute Gasteiger partial charge is 0.309 e. The van der Waals surface area contributed by atoms with Crippen LogP contribution in [-0.4, -0.2) is 30.1 Å². The van der Waals surface area contributed by atoms with Gasteiger partial charge in [0.1, 0.15) is 5.82 Å². The molecule has 1 saturated heterocycles. The van der Waals surface area contributed by atoms with Crippen molar-refractivity contribution in [3.63, 3.8) is 0 Å². The summed E-state index contributed by atoms with van der Waals surface area (Å²) in [5, 5.41) is 3.50. The molecule has 1 aromatic carbocycles. The van der Waals surface area contributed by atoms with Gasteiger partial charge >= 0.3 is 0 Å². The molecule has 0 bridgehead atoms. The van der Waals surface area contributed by atoms with Crippen molar-refractivity contribution in [2.45, 2.75) is 32.5 Å². The summed E-state index contributed by atoms with van der Waals surface area (Å²) >= 11 is 0. The number of nitrogens with zero attached hydrogens (tertiary/aromatic N) is 1. The second-order valence-corrected chi connectivity index (χ2v) is 4.79. The molecule has 1 aliphatic rings. The highest BCUT2D eigenvalue weighted by molar-refractivity contribution is 5.16. The monoisotopic (exact) mass is 222 g/mol. The van der Waals surface area contributed by atoms with Crippen LogP contribution >= 0.6 is 0 Å². The Morgan fingerprint density at radius 2 is 1.75 bits per heavy atom. The second kappa shape index (κ2) is 4.93. The van der Waals surface area contributed by atoms with Crippen molar-refractivity contribution in [2.24, 2.45) is 0 Å². The molecule has 1 aliphatic heterocycles. The van der Waals surface area contributed by atoms with Crippen LogP contribution in [0.3, 0.4) is 0 Å². The molecule has 2 atom stereocenters. The topological polar surface area (TPSA) is 15.3 Å². The lowest BCUT2D eigenvalue weighted by molar-refractivity contribution is 0.166. The Bertz CT molecular complexity index is 326. The molecule has 0 radical (unpaired) electrons. The highest BCUT2D eigenvalue weighted by Crippen LogP contribution is 2.10. The van der Waals surface area contributed by atoms with Crippen molar-refractivity contribution >= 4 is 0 Å². The van der Waals surface area contributed by atoms with Gasteiger partial charge in [0.2, 0.25) is 0 Å². The summed E-state index contributed by atoms with van der Waals surface area (Å²) < 4.78 is 12.8. The predicted octanol–water partition coefficient (Wildman–Crippen LogP) is 2.01. The summed E-state index contributed by atoms with van der Waals surface area (Å²) in [4.78, 5) is 2.42. The van der Waals surface area contributed by atoms with Crippen molar-refractivity contribution in [3.05, 3.63) is 35.6 Å². The van der Waals surface area contributed by atoms with E-state index in [0.29, 0.717) is 12.1 Å². The first-order valence-electron chi connectivity index (χ1n) is 5.86. The third-order valence-corrected chi connectivity index (χ3v) is 2.95. The maximum atomic E-state index is 12.8. The number of hydrogen-bond acceptors (Lipinski definition) is 2. The maximum Gasteiger partial charge on any atom is 0.123 e. The van der Waals surface area contributed by atoms with E-state index in [4.69, 9.17) is 0 Å². The Morgan fingerprint density at radius 1 is 1.19 bits per heavy atom. The molecule has 16 heavy (non-hydrogen) atoms. The minimum Gasteiger partial charge on any atom is -0.309 e. The third kappa shape index (κ3) is 3.03. The van der Waals surface area contributed by atoms with Crippen LogP contribution in [0.4, 0.5) is 4.39 Å². The molecule has 0 aromatic heterocycles. The van der Waals surface area contributed by atoms with E-state index < -0.39 is 0 Å². The first-order valence-corrected chi connectivity index (χ1v) is 5.86. The molecule has 0 aliphatic carbocycles. The fourth-order valence-electron chi connectivity index (χ4n) is 2.42. The summed E-state index contributed by atoms with van der Waals surface area (Å²) in [6.45, 7) is 7.43. The van der Waals surface area contributed by atoms with E-state index in [-0.39, 0.29) is 5.82 Å². The van der Waals surface area contributed by atoms with Crippen molar-refractivity contribution < 1.29 is 4.39 Å². The van der Waals surface area contributed by atoms with Gasteiger partial charge < -0.3 is 5.32 Å². The third-order valence-electron chi connectivity index (χ3n) is 2.95. The van der Waals surface area contributed by atoms with Crippen LogP contribution in [0.15, 0.2) is 24.3 Å². The van der Waals surface area contributed by atoms with Gasteiger partial charge in [-0.3, -0.25) is 4.90 Å². The van der Waals surface area contributed by atoms with Gasteiger partial charge in [-0.1, -0.05) is 12.1 Å². The zero-order valence-electron chi connectivity index (χ0n) is 9.91. The number of nitrogens with one attached hydrogen (secondary N) is 1. The second-order valence-electron chi connectivity index (χ2n) is 4.79. The summed E-state index contributed by atoms with van der Waals surface area (Å²) in [6.07, 6.45) is 0. The van der Waals surface area contributed by atoms with E-state index in [1.54, 1.807) is 0 Å². The van der Waals surface area contributed by atoms with E-state index in [1.807, 2.05) is 12.1 Å². The van der Waals surface area contributed by atoms with E-state index >= 15 is 0 Å². The number of rotatable bonds is 2. The van der Waals surface area contributed by atoms with Gasteiger partial charge in [0.15, 0.2) is 0 Å². The molecule has 1 fully saturated rings. The van der Waals surface area contributed by atoms with Gasteiger partial charge in [0.05, 0.1) is 0 Å².